The minimum atomic E-state index is -0.307. The van der Waals surface area contributed by atoms with Crippen molar-refractivity contribution in [2.75, 3.05) is 6.61 Å². The molecule has 4 aromatic rings. The van der Waals surface area contributed by atoms with Crippen LogP contribution in [0.4, 0.5) is 4.39 Å². The zero-order valence-electron chi connectivity index (χ0n) is 16.5. The third kappa shape index (κ3) is 4.48. The molecule has 0 aliphatic heterocycles. The molecule has 0 N–H and O–H groups in total. The Hall–Kier alpha value is -3.14. The van der Waals surface area contributed by atoms with E-state index in [4.69, 9.17) is 9.15 Å². The Morgan fingerprint density at radius 3 is 2.45 bits per heavy atom. The summed E-state index contributed by atoms with van der Waals surface area (Å²) < 4.78 is 26.3. The summed E-state index contributed by atoms with van der Waals surface area (Å²) in [5.41, 5.74) is 3.42. The standard InChI is InChI=1S/C25H24FNO2/c1-2-3-4-7-16-28-20-13-10-18(11-14-20)21-15-12-19(17-22(21)26)25-27-23-8-5-6-9-24(23)29-25/h5-6,8-15,17H,2-4,7,16H2,1H3. The molecule has 0 saturated carbocycles. The lowest BCUT2D eigenvalue weighted by Crippen LogP contribution is -1.97. The number of para-hydroxylation sites is 2. The molecule has 0 aliphatic rings. The van der Waals surface area contributed by atoms with Crippen LogP contribution in [-0.4, -0.2) is 11.6 Å². The molecule has 148 valence electrons. The lowest BCUT2D eigenvalue weighted by Gasteiger charge is -2.08. The molecule has 0 radical (unpaired) electrons. The Bertz CT molecular complexity index is 1050. The maximum absolute atomic E-state index is 14.8. The summed E-state index contributed by atoms with van der Waals surface area (Å²) in [5.74, 6) is 0.926. The van der Waals surface area contributed by atoms with Crippen LogP contribution in [0.25, 0.3) is 33.7 Å². The van der Waals surface area contributed by atoms with Crippen LogP contribution in [0.2, 0.25) is 0 Å². The quantitative estimate of drug-likeness (QED) is 0.297. The number of halogens is 1. The summed E-state index contributed by atoms with van der Waals surface area (Å²) in [5, 5.41) is 0. The average molecular weight is 389 g/mol. The van der Waals surface area contributed by atoms with E-state index in [1.165, 1.54) is 25.3 Å². The molecule has 0 fully saturated rings. The molecule has 0 amide bonds. The molecule has 4 rings (SSSR count). The highest BCUT2D eigenvalue weighted by atomic mass is 19.1. The van der Waals surface area contributed by atoms with Crippen molar-refractivity contribution < 1.29 is 13.5 Å². The van der Waals surface area contributed by atoms with E-state index in [0.717, 1.165) is 23.3 Å². The fraction of sp³-hybridized carbons (Fsp3) is 0.240. The smallest absolute Gasteiger partial charge is 0.227 e. The number of hydrogen-bond acceptors (Lipinski definition) is 3. The van der Waals surface area contributed by atoms with E-state index in [1.807, 2.05) is 54.6 Å². The fourth-order valence-electron chi connectivity index (χ4n) is 3.33. The van der Waals surface area contributed by atoms with Crippen LogP contribution in [0, 0.1) is 5.82 Å². The van der Waals surface area contributed by atoms with Gasteiger partial charge in [0.1, 0.15) is 17.1 Å². The topological polar surface area (TPSA) is 35.3 Å². The summed E-state index contributed by atoms with van der Waals surface area (Å²) in [6, 6.07) is 20.1. The van der Waals surface area contributed by atoms with Gasteiger partial charge in [0.2, 0.25) is 5.89 Å². The van der Waals surface area contributed by atoms with Gasteiger partial charge in [-0.15, -0.1) is 0 Å². The second-order valence-electron chi connectivity index (χ2n) is 7.11. The summed E-state index contributed by atoms with van der Waals surface area (Å²) in [7, 11) is 0. The Kier molecular flexibility index (Phi) is 5.89. The second kappa shape index (κ2) is 8.91. The number of benzene rings is 3. The predicted octanol–water partition coefficient (Wildman–Crippen LogP) is 7.26. The van der Waals surface area contributed by atoms with Crippen LogP contribution in [-0.2, 0) is 0 Å². The molecule has 0 atom stereocenters. The molecule has 0 saturated heterocycles. The van der Waals surface area contributed by atoms with Gasteiger partial charge in [-0.3, -0.25) is 0 Å². The van der Waals surface area contributed by atoms with E-state index < -0.39 is 0 Å². The number of rotatable bonds is 8. The highest BCUT2D eigenvalue weighted by molar-refractivity contribution is 5.77. The first-order valence-corrected chi connectivity index (χ1v) is 10.1. The maximum Gasteiger partial charge on any atom is 0.227 e. The Morgan fingerprint density at radius 2 is 1.69 bits per heavy atom. The number of aromatic nitrogens is 1. The van der Waals surface area contributed by atoms with Crippen molar-refractivity contribution in [2.24, 2.45) is 0 Å². The van der Waals surface area contributed by atoms with Gasteiger partial charge in [-0.2, -0.15) is 0 Å². The van der Waals surface area contributed by atoms with Crippen LogP contribution in [0.1, 0.15) is 32.6 Å². The van der Waals surface area contributed by atoms with Crippen molar-refractivity contribution in [3.8, 4) is 28.3 Å². The summed E-state index contributed by atoms with van der Waals surface area (Å²) in [6.45, 7) is 2.91. The Labute approximate surface area is 170 Å². The van der Waals surface area contributed by atoms with Gasteiger partial charge in [-0.1, -0.05) is 56.5 Å². The molecule has 4 heteroatoms. The number of oxazole rings is 1. The summed E-state index contributed by atoms with van der Waals surface area (Å²) >= 11 is 0. The van der Waals surface area contributed by atoms with Crippen molar-refractivity contribution in [1.29, 1.82) is 0 Å². The monoisotopic (exact) mass is 389 g/mol. The number of fused-ring (bicyclic) bond motifs is 1. The van der Waals surface area contributed by atoms with Crippen LogP contribution < -0.4 is 4.74 Å². The first-order valence-electron chi connectivity index (χ1n) is 10.1. The Balaban J connectivity index is 1.47. The van der Waals surface area contributed by atoms with Gasteiger partial charge in [0.05, 0.1) is 6.61 Å². The maximum atomic E-state index is 14.8. The number of ether oxygens (including phenoxy) is 1. The highest BCUT2D eigenvalue weighted by Gasteiger charge is 2.12. The molecular weight excluding hydrogens is 365 g/mol. The zero-order valence-corrected chi connectivity index (χ0v) is 16.5. The van der Waals surface area contributed by atoms with Gasteiger partial charge in [0.15, 0.2) is 5.58 Å². The number of nitrogens with zero attached hydrogens (tertiary/aromatic N) is 1. The third-order valence-corrected chi connectivity index (χ3v) is 4.94. The molecule has 1 heterocycles. The molecule has 3 nitrogen and oxygen atoms in total. The lowest BCUT2D eigenvalue weighted by molar-refractivity contribution is 0.305. The van der Waals surface area contributed by atoms with Crippen molar-refractivity contribution in [3.63, 3.8) is 0 Å². The van der Waals surface area contributed by atoms with E-state index >= 15 is 0 Å². The first-order chi connectivity index (χ1) is 14.2. The SMILES string of the molecule is CCCCCCOc1ccc(-c2ccc(-c3nc4ccccc4o3)cc2F)cc1. The van der Waals surface area contributed by atoms with E-state index in [-0.39, 0.29) is 5.82 Å². The minimum absolute atomic E-state index is 0.307. The molecule has 3 aromatic carbocycles. The first kappa shape index (κ1) is 19.2. The molecular formula is C25H24FNO2. The number of unbranched alkanes of at least 4 members (excludes halogenated alkanes) is 3. The highest BCUT2D eigenvalue weighted by Crippen LogP contribution is 2.30. The van der Waals surface area contributed by atoms with Crippen LogP contribution in [0.5, 0.6) is 5.75 Å². The molecule has 0 aliphatic carbocycles. The van der Waals surface area contributed by atoms with E-state index in [1.54, 1.807) is 6.07 Å². The van der Waals surface area contributed by atoms with Crippen LogP contribution >= 0.6 is 0 Å². The molecule has 0 unspecified atom stereocenters. The second-order valence-corrected chi connectivity index (χ2v) is 7.11. The van der Waals surface area contributed by atoms with Gasteiger partial charge < -0.3 is 9.15 Å². The van der Waals surface area contributed by atoms with E-state index in [0.29, 0.717) is 29.2 Å². The fourth-order valence-corrected chi connectivity index (χ4v) is 3.33. The van der Waals surface area contributed by atoms with Gasteiger partial charge in [0.25, 0.3) is 0 Å². The van der Waals surface area contributed by atoms with Crippen molar-refractivity contribution in [2.45, 2.75) is 32.6 Å². The normalized spacial score (nSPS) is 11.1. The van der Waals surface area contributed by atoms with E-state index in [9.17, 15) is 4.39 Å². The molecule has 29 heavy (non-hydrogen) atoms. The third-order valence-electron chi connectivity index (χ3n) is 4.94. The zero-order chi connectivity index (χ0) is 20.1. The largest absolute Gasteiger partial charge is 0.494 e. The van der Waals surface area contributed by atoms with Gasteiger partial charge >= 0.3 is 0 Å². The van der Waals surface area contributed by atoms with Crippen molar-refractivity contribution >= 4 is 11.1 Å². The van der Waals surface area contributed by atoms with E-state index in [2.05, 4.69) is 11.9 Å². The predicted molar refractivity (Wildman–Crippen MR) is 114 cm³/mol. The van der Waals surface area contributed by atoms with Gasteiger partial charge in [-0.25, -0.2) is 9.37 Å². The van der Waals surface area contributed by atoms with Crippen molar-refractivity contribution in [1.82, 2.24) is 4.98 Å². The van der Waals surface area contributed by atoms with Crippen LogP contribution in [0.3, 0.4) is 0 Å². The van der Waals surface area contributed by atoms with Gasteiger partial charge in [-0.05, 0) is 48.4 Å². The van der Waals surface area contributed by atoms with Crippen LogP contribution in [0.15, 0.2) is 71.1 Å². The number of hydrogen-bond donors (Lipinski definition) is 0. The Morgan fingerprint density at radius 1 is 0.897 bits per heavy atom. The minimum Gasteiger partial charge on any atom is -0.494 e. The molecule has 1 aromatic heterocycles. The van der Waals surface area contributed by atoms with Crippen molar-refractivity contribution in [3.05, 3.63) is 72.5 Å². The average Bonchev–Trinajstić information content (AvgIpc) is 3.18. The summed E-state index contributed by atoms with van der Waals surface area (Å²) in [6.07, 6.45) is 4.69. The van der Waals surface area contributed by atoms with Gasteiger partial charge in [0, 0.05) is 11.1 Å². The summed E-state index contributed by atoms with van der Waals surface area (Å²) in [4.78, 5) is 4.44. The lowest BCUT2D eigenvalue weighted by atomic mass is 10.0. The molecule has 0 spiro atoms. The molecule has 0 bridgehead atoms.